The van der Waals surface area contributed by atoms with Crippen LogP contribution in [0.2, 0.25) is 5.02 Å². The molecule has 1 rings (SSSR count). The van der Waals surface area contributed by atoms with Gasteiger partial charge in [-0.3, -0.25) is 0 Å². The molecule has 6 heteroatoms. The maximum atomic E-state index is 10.7. The molecule has 0 aliphatic carbocycles. The second kappa shape index (κ2) is 4.65. The second-order valence-electron chi connectivity index (χ2n) is 2.78. The molecule has 4 nitrogen and oxygen atoms in total. The van der Waals surface area contributed by atoms with Crippen LogP contribution < -0.4 is 9.88 Å². The number of rotatable bonds is 3. The highest BCUT2D eigenvalue weighted by Crippen LogP contribution is 2.24. The van der Waals surface area contributed by atoms with E-state index in [1.807, 2.05) is 0 Å². The van der Waals surface area contributed by atoms with Gasteiger partial charge in [0, 0.05) is 16.0 Å². The summed E-state index contributed by atoms with van der Waals surface area (Å²) < 4.78 is 26.4. The predicted octanol–water partition coefficient (Wildman–Crippen LogP) is 1.61. The summed E-state index contributed by atoms with van der Waals surface area (Å²) in [6.45, 7) is 0. The Balaban J connectivity index is 3.10. The molecule has 0 saturated carbocycles. The van der Waals surface area contributed by atoms with Crippen molar-refractivity contribution in [1.29, 1.82) is 0 Å². The first kappa shape index (κ1) is 12.0. The number of methoxy groups -OCH3 is 1. The Hall–Kier alpha value is -1.04. The van der Waals surface area contributed by atoms with Crippen molar-refractivity contribution in [3.63, 3.8) is 0 Å². The summed E-state index contributed by atoms with van der Waals surface area (Å²) in [5.74, 6) is 0.488. The van der Waals surface area contributed by atoms with E-state index in [-0.39, 0.29) is 0 Å². The minimum absolute atomic E-state index is 0.488. The van der Waals surface area contributed by atoms with Gasteiger partial charge in [0.1, 0.15) is 5.75 Å². The summed E-state index contributed by atoms with van der Waals surface area (Å²) in [6.07, 6.45) is 1.35. The largest absolute Gasteiger partial charge is 0.496 e. The average molecular weight is 248 g/mol. The molecular weight excluding hydrogens is 238 g/mol. The van der Waals surface area contributed by atoms with Gasteiger partial charge in [0.2, 0.25) is 10.0 Å². The summed E-state index contributed by atoms with van der Waals surface area (Å²) in [6, 6.07) is 4.86. The molecule has 0 spiro atoms. The zero-order valence-corrected chi connectivity index (χ0v) is 9.55. The summed E-state index contributed by atoms with van der Waals surface area (Å²) >= 11 is 5.74. The normalized spacial score (nSPS) is 11.9. The fourth-order valence-electron chi connectivity index (χ4n) is 0.991. The van der Waals surface area contributed by atoms with E-state index >= 15 is 0 Å². The Kier molecular flexibility index (Phi) is 3.73. The van der Waals surface area contributed by atoms with Gasteiger partial charge >= 0.3 is 0 Å². The molecule has 0 amide bonds. The van der Waals surface area contributed by atoms with Crippen LogP contribution >= 0.6 is 11.6 Å². The van der Waals surface area contributed by atoms with Crippen molar-refractivity contribution in [2.24, 2.45) is 5.14 Å². The molecule has 1 aromatic rings. The van der Waals surface area contributed by atoms with Crippen LogP contribution in [0.1, 0.15) is 5.56 Å². The molecule has 0 atom stereocenters. The topological polar surface area (TPSA) is 69.4 Å². The molecular formula is C9H10ClNO3S. The van der Waals surface area contributed by atoms with Crippen LogP contribution in [0.15, 0.2) is 23.6 Å². The number of hydrogen-bond donors (Lipinski definition) is 1. The quantitative estimate of drug-likeness (QED) is 0.882. The van der Waals surface area contributed by atoms with Gasteiger partial charge in [0.05, 0.1) is 7.11 Å². The smallest absolute Gasteiger partial charge is 0.231 e. The first-order valence-electron chi connectivity index (χ1n) is 3.97. The maximum Gasteiger partial charge on any atom is 0.231 e. The summed E-state index contributed by atoms with van der Waals surface area (Å²) in [5.41, 5.74) is 0.593. The van der Waals surface area contributed by atoms with Gasteiger partial charge in [-0.15, -0.1) is 0 Å². The van der Waals surface area contributed by atoms with E-state index in [0.29, 0.717) is 16.3 Å². The molecule has 0 heterocycles. The van der Waals surface area contributed by atoms with Crippen molar-refractivity contribution in [3.05, 3.63) is 34.2 Å². The molecule has 0 radical (unpaired) electrons. The number of primary sulfonamides is 1. The highest BCUT2D eigenvalue weighted by Gasteiger charge is 2.01. The predicted molar refractivity (Wildman–Crippen MR) is 60.1 cm³/mol. The fourth-order valence-corrected chi connectivity index (χ4v) is 1.49. The third-order valence-corrected chi connectivity index (χ3v) is 2.38. The Morgan fingerprint density at radius 3 is 2.67 bits per heavy atom. The summed E-state index contributed by atoms with van der Waals surface area (Å²) in [4.78, 5) is 0. The van der Waals surface area contributed by atoms with Crippen molar-refractivity contribution in [3.8, 4) is 5.75 Å². The van der Waals surface area contributed by atoms with Crippen molar-refractivity contribution in [1.82, 2.24) is 0 Å². The number of benzene rings is 1. The minimum Gasteiger partial charge on any atom is -0.496 e. The van der Waals surface area contributed by atoms with Crippen LogP contribution in [-0.2, 0) is 10.0 Å². The van der Waals surface area contributed by atoms with Gasteiger partial charge in [-0.05, 0) is 24.3 Å². The molecule has 0 bridgehead atoms. The highest BCUT2D eigenvalue weighted by atomic mass is 35.5. The van der Waals surface area contributed by atoms with Crippen LogP contribution in [0, 0.1) is 0 Å². The molecule has 0 aliphatic rings. The summed E-state index contributed by atoms with van der Waals surface area (Å²) in [7, 11) is -2.15. The van der Waals surface area contributed by atoms with Crippen LogP contribution in [0.3, 0.4) is 0 Å². The zero-order chi connectivity index (χ0) is 11.5. The third kappa shape index (κ3) is 3.91. The lowest BCUT2D eigenvalue weighted by molar-refractivity contribution is 0.414. The molecule has 0 unspecified atom stereocenters. The fraction of sp³-hybridized carbons (Fsp3) is 0.111. The van der Waals surface area contributed by atoms with E-state index < -0.39 is 10.0 Å². The Morgan fingerprint density at radius 2 is 2.13 bits per heavy atom. The molecule has 15 heavy (non-hydrogen) atoms. The van der Waals surface area contributed by atoms with Gasteiger partial charge in [0.25, 0.3) is 0 Å². The lowest BCUT2D eigenvalue weighted by atomic mass is 10.2. The maximum absolute atomic E-state index is 10.7. The standard InChI is InChI=1S/C9H10ClNO3S/c1-14-9-6-8(10)3-2-7(9)4-5-15(11,12)13/h2-6H,1H3,(H2,11,12,13). The molecule has 2 N–H and O–H groups in total. The molecule has 82 valence electrons. The van der Waals surface area contributed by atoms with Gasteiger partial charge in [0.15, 0.2) is 0 Å². The average Bonchev–Trinajstić information content (AvgIpc) is 2.14. The number of ether oxygens (including phenoxy) is 1. The van der Waals surface area contributed by atoms with Crippen molar-refractivity contribution < 1.29 is 13.2 Å². The van der Waals surface area contributed by atoms with E-state index in [0.717, 1.165) is 5.41 Å². The third-order valence-electron chi connectivity index (χ3n) is 1.63. The first-order chi connectivity index (χ1) is 6.92. The molecule has 0 aliphatic heterocycles. The van der Waals surface area contributed by atoms with E-state index in [4.69, 9.17) is 21.5 Å². The highest BCUT2D eigenvalue weighted by molar-refractivity contribution is 7.92. The van der Waals surface area contributed by atoms with Gasteiger partial charge in [-0.2, -0.15) is 0 Å². The molecule has 0 saturated heterocycles. The minimum atomic E-state index is -3.63. The lowest BCUT2D eigenvalue weighted by Crippen LogP contribution is -2.06. The van der Waals surface area contributed by atoms with E-state index in [9.17, 15) is 8.42 Å². The molecule has 0 fully saturated rings. The number of hydrogen-bond acceptors (Lipinski definition) is 3. The van der Waals surface area contributed by atoms with Crippen LogP contribution in [0.5, 0.6) is 5.75 Å². The Morgan fingerprint density at radius 1 is 1.47 bits per heavy atom. The van der Waals surface area contributed by atoms with Crippen LogP contribution in [0.25, 0.3) is 6.08 Å². The number of nitrogens with two attached hydrogens (primary N) is 1. The molecule has 0 aromatic heterocycles. The number of halogens is 1. The lowest BCUT2D eigenvalue weighted by Gasteiger charge is -2.04. The van der Waals surface area contributed by atoms with Crippen LogP contribution in [0.4, 0.5) is 0 Å². The number of sulfonamides is 1. The van der Waals surface area contributed by atoms with Crippen LogP contribution in [-0.4, -0.2) is 15.5 Å². The Labute approximate surface area is 93.4 Å². The van der Waals surface area contributed by atoms with Crippen molar-refractivity contribution in [2.45, 2.75) is 0 Å². The van der Waals surface area contributed by atoms with Gasteiger partial charge in [-0.1, -0.05) is 11.6 Å². The van der Waals surface area contributed by atoms with E-state index in [1.54, 1.807) is 18.2 Å². The first-order valence-corrected chi connectivity index (χ1v) is 5.95. The second-order valence-corrected chi connectivity index (χ2v) is 4.66. The van der Waals surface area contributed by atoms with Gasteiger partial charge < -0.3 is 4.74 Å². The zero-order valence-electron chi connectivity index (χ0n) is 7.98. The van der Waals surface area contributed by atoms with Crippen molar-refractivity contribution >= 4 is 27.7 Å². The summed E-state index contributed by atoms with van der Waals surface area (Å²) in [5, 5.41) is 6.24. The van der Waals surface area contributed by atoms with Crippen molar-refractivity contribution in [2.75, 3.05) is 7.11 Å². The van der Waals surface area contributed by atoms with Gasteiger partial charge in [-0.25, -0.2) is 13.6 Å². The van der Waals surface area contributed by atoms with E-state index in [1.165, 1.54) is 13.2 Å². The Bertz CT molecular complexity index is 482. The monoisotopic (exact) mass is 247 g/mol. The molecule has 1 aromatic carbocycles. The van der Waals surface area contributed by atoms with E-state index in [2.05, 4.69) is 0 Å². The SMILES string of the molecule is COc1cc(Cl)ccc1C=CS(N)(=O)=O.